The maximum atomic E-state index is 12.2. The van der Waals surface area contributed by atoms with E-state index in [0.29, 0.717) is 12.5 Å². The first-order valence-electron chi connectivity index (χ1n) is 7.53. The molecule has 0 fully saturated rings. The summed E-state index contributed by atoms with van der Waals surface area (Å²) in [6.45, 7) is 3.56. The van der Waals surface area contributed by atoms with Crippen LogP contribution in [0, 0.1) is 0 Å². The molecule has 134 valence electrons. The lowest BCUT2D eigenvalue weighted by Gasteiger charge is -2.22. The Labute approximate surface area is 140 Å². The van der Waals surface area contributed by atoms with Crippen LogP contribution in [0.3, 0.4) is 0 Å². The molecule has 0 aromatic carbocycles. The standard InChI is InChI=1S/C16H23F3N4O/c1-4-5-6-9-23(3)15(20-2)22-11-13-7-8-21-14(10-13)24-12-16(17,18)19/h4,7-8,10H,1,5-6,9,11-12H2,2-3H3,(H,20,22). The van der Waals surface area contributed by atoms with Gasteiger partial charge in [-0.2, -0.15) is 13.2 Å². The van der Waals surface area contributed by atoms with Crippen molar-refractivity contribution in [2.24, 2.45) is 4.99 Å². The molecular weight excluding hydrogens is 321 g/mol. The molecule has 0 saturated carbocycles. The summed E-state index contributed by atoms with van der Waals surface area (Å²) in [4.78, 5) is 9.94. The van der Waals surface area contributed by atoms with E-state index in [-0.39, 0.29) is 5.88 Å². The number of rotatable bonds is 8. The largest absolute Gasteiger partial charge is 0.468 e. The highest BCUT2D eigenvalue weighted by molar-refractivity contribution is 5.79. The first-order valence-corrected chi connectivity index (χ1v) is 7.53. The van der Waals surface area contributed by atoms with Crippen LogP contribution in [-0.4, -0.2) is 49.3 Å². The van der Waals surface area contributed by atoms with Gasteiger partial charge in [-0.1, -0.05) is 6.08 Å². The number of nitrogens with zero attached hydrogens (tertiary/aromatic N) is 3. The zero-order valence-electron chi connectivity index (χ0n) is 13.9. The third kappa shape index (κ3) is 7.85. The normalized spacial score (nSPS) is 12.0. The Morgan fingerprint density at radius 1 is 1.50 bits per heavy atom. The molecule has 0 aliphatic rings. The average molecular weight is 344 g/mol. The van der Waals surface area contributed by atoms with Gasteiger partial charge in [0.1, 0.15) is 0 Å². The second-order valence-corrected chi connectivity index (χ2v) is 5.16. The smallest absolute Gasteiger partial charge is 0.422 e. The van der Waals surface area contributed by atoms with Crippen LogP contribution in [0.2, 0.25) is 0 Å². The Kier molecular flexibility index (Phi) is 8.08. The predicted molar refractivity (Wildman–Crippen MR) is 88.0 cm³/mol. The Hall–Kier alpha value is -2.25. The van der Waals surface area contributed by atoms with Crippen molar-refractivity contribution in [3.63, 3.8) is 0 Å². The molecule has 24 heavy (non-hydrogen) atoms. The van der Waals surface area contributed by atoms with Crippen LogP contribution in [0.25, 0.3) is 0 Å². The number of aliphatic imine (C=N–C) groups is 1. The molecule has 0 spiro atoms. The maximum Gasteiger partial charge on any atom is 0.422 e. The van der Waals surface area contributed by atoms with Crippen LogP contribution in [0.15, 0.2) is 36.0 Å². The van der Waals surface area contributed by atoms with Crippen molar-refractivity contribution in [1.82, 2.24) is 15.2 Å². The van der Waals surface area contributed by atoms with Gasteiger partial charge in [0, 0.05) is 39.4 Å². The van der Waals surface area contributed by atoms with E-state index in [2.05, 4.69) is 26.6 Å². The van der Waals surface area contributed by atoms with E-state index in [1.165, 1.54) is 12.3 Å². The van der Waals surface area contributed by atoms with Crippen molar-refractivity contribution in [2.75, 3.05) is 27.2 Å². The molecule has 5 nitrogen and oxygen atoms in total. The van der Waals surface area contributed by atoms with Gasteiger partial charge in [-0.05, 0) is 24.5 Å². The zero-order valence-corrected chi connectivity index (χ0v) is 13.9. The van der Waals surface area contributed by atoms with Crippen LogP contribution >= 0.6 is 0 Å². The first-order chi connectivity index (χ1) is 11.4. The topological polar surface area (TPSA) is 49.8 Å². The number of unbranched alkanes of at least 4 members (excludes halogenated alkanes) is 1. The van der Waals surface area contributed by atoms with E-state index in [0.717, 1.165) is 24.9 Å². The molecule has 1 heterocycles. The molecule has 1 rings (SSSR count). The van der Waals surface area contributed by atoms with Gasteiger partial charge in [0.05, 0.1) is 0 Å². The van der Waals surface area contributed by atoms with Crippen molar-refractivity contribution >= 4 is 5.96 Å². The highest BCUT2D eigenvalue weighted by Crippen LogP contribution is 2.17. The van der Waals surface area contributed by atoms with Crippen molar-refractivity contribution in [3.05, 3.63) is 36.5 Å². The number of allylic oxidation sites excluding steroid dienone is 1. The van der Waals surface area contributed by atoms with Crippen molar-refractivity contribution in [2.45, 2.75) is 25.6 Å². The fraction of sp³-hybridized carbons (Fsp3) is 0.500. The van der Waals surface area contributed by atoms with Crippen LogP contribution < -0.4 is 10.1 Å². The number of alkyl halides is 3. The minimum Gasteiger partial charge on any atom is -0.468 e. The van der Waals surface area contributed by atoms with Gasteiger partial charge in [-0.25, -0.2) is 4.98 Å². The number of guanidine groups is 1. The molecule has 1 aromatic heterocycles. The third-order valence-electron chi connectivity index (χ3n) is 3.11. The second-order valence-electron chi connectivity index (χ2n) is 5.16. The van der Waals surface area contributed by atoms with Crippen LogP contribution in [0.5, 0.6) is 5.88 Å². The lowest BCUT2D eigenvalue weighted by molar-refractivity contribution is -0.154. The first kappa shape index (κ1) is 19.8. The van der Waals surface area contributed by atoms with Crippen LogP contribution in [0.1, 0.15) is 18.4 Å². The fourth-order valence-electron chi connectivity index (χ4n) is 1.94. The molecule has 0 amide bonds. The lowest BCUT2D eigenvalue weighted by Crippen LogP contribution is -2.38. The second kappa shape index (κ2) is 9.79. The number of aromatic nitrogens is 1. The molecule has 0 aliphatic heterocycles. The molecule has 0 aliphatic carbocycles. The molecule has 8 heteroatoms. The van der Waals surface area contributed by atoms with E-state index in [9.17, 15) is 13.2 Å². The summed E-state index contributed by atoms with van der Waals surface area (Å²) in [7, 11) is 3.60. The quantitative estimate of drug-likeness (QED) is 0.341. The van der Waals surface area contributed by atoms with Crippen molar-refractivity contribution in [3.8, 4) is 5.88 Å². The number of nitrogens with one attached hydrogen (secondary N) is 1. The maximum absolute atomic E-state index is 12.2. The Balaban J connectivity index is 2.54. The van der Waals surface area contributed by atoms with Gasteiger partial charge in [0.2, 0.25) is 5.88 Å². The molecule has 0 bridgehead atoms. The minimum atomic E-state index is -4.38. The zero-order chi connectivity index (χ0) is 18.0. The molecule has 0 radical (unpaired) electrons. The van der Waals surface area contributed by atoms with Crippen LogP contribution in [0.4, 0.5) is 13.2 Å². The predicted octanol–water partition coefficient (Wildman–Crippen LogP) is 3.00. The van der Waals surface area contributed by atoms with E-state index < -0.39 is 12.8 Å². The van der Waals surface area contributed by atoms with E-state index in [1.54, 1.807) is 13.1 Å². The highest BCUT2D eigenvalue weighted by Gasteiger charge is 2.28. The SMILES string of the molecule is C=CCCCN(C)C(=NC)NCc1ccnc(OCC(F)(F)F)c1. The molecule has 0 atom stereocenters. The Morgan fingerprint density at radius 3 is 2.88 bits per heavy atom. The van der Waals surface area contributed by atoms with E-state index >= 15 is 0 Å². The summed E-state index contributed by atoms with van der Waals surface area (Å²) in [5.74, 6) is 0.648. The van der Waals surface area contributed by atoms with Gasteiger partial charge in [-0.3, -0.25) is 4.99 Å². The number of hydrogen-bond donors (Lipinski definition) is 1. The van der Waals surface area contributed by atoms with Crippen molar-refractivity contribution < 1.29 is 17.9 Å². The number of halogens is 3. The molecule has 0 unspecified atom stereocenters. The fourth-order valence-corrected chi connectivity index (χ4v) is 1.94. The average Bonchev–Trinajstić information content (AvgIpc) is 2.53. The molecule has 1 aromatic rings. The lowest BCUT2D eigenvalue weighted by atomic mass is 10.2. The van der Waals surface area contributed by atoms with Gasteiger partial charge in [0.25, 0.3) is 0 Å². The van der Waals surface area contributed by atoms with Gasteiger partial charge in [-0.15, -0.1) is 6.58 Å². The molecular formula is C16H23F3N4O. The summed E-state index contributed by atoms with van der Waals surface area (Å²) in [5, 5.41) is 3.16. The van der Waals surface area contributed by atoms with Crippen molar-refractivity contribution in [1.29, 1.82) is 0 Å². The monoisotopic (exact) mass is 344 g/mol. The Morgan fingerprint density at radius 2 is 2.25 bits per heavy atom. The van der Waals surface area contributed by atoms with Gasteiger partial charge >= 0.3 is 6.18 Å². The third-order valence-corrected chi connectivity index (χ3v) is 3.11. The number of pyridine rings is 1. The minimum absolute atomic E-state index is 0.0547. The summed E-state index contributed by atoms with van der Waals surface area (Å²) in [6.07, 6.45) is 0.784. The summed E-state index contributed by atoms with van der Waals surface area (Å²) < 4.78 is 41.1. The summed E-state index contributed by atoms with van der Waals surface area (Å²) in [6, 6.07) is 3.18. The Bertz CT molecular complexity index is 546. The summed E-state index contributed by atoms with van der Waals surface area (Å²) in [5.41, 5.74) is 0.753. The van der Waals surface area contributed by atoms with Gasteiger partial charge in [0.15, 0.2) is 12.6 Å². The number of ether oxygens (including phenoxy) is 1. The van der Waals surface area contributed by atoms with E-state index in [1.807, 2.05) is 18.0 Å². The summed E-state index contributed by atoms with van der Waals surface area (Å²) >= 11 is 0. The highest BCUT2D eigenvalue weighted by atomic mass is 19.4. The molecule has 0 saturated heterocycles. The number of hydrogen-bond acceptors (Lipinski definition) is 3. The van der Waals surface area contributed by atoms with E-state index in [4.69, 9.17) is 0 Å². The van der Waals surface area contributed by atoms with Crippen LogP contribution in [-0.2, 0) is 6.54 Å². The van der Waals surface area contributed by atoms with Gasteiger partial charge < -0.3 is 15.0 Å². The molecule has 1 N–H and O–H groups in total.